The molecule has 1 aliphatic rings. The molecule has 0 N–H and O–H groups in total. The lowest BCUT2D eigenvalue weighted by Gasteiger charge is -2.27. The zero-order valence-electron chi connectivity index (χ0n) is 16.8. The molecule has 30 heavy (non-hydrogen) atoms. The molecular weight excluding hydrogens is 426 g/mol. The third-order valence-electron chi connectivity index (χ3n) is 5.07. The maximum atomic E-state index is 13.2. The van der Waals surface area contributed by atoms with Crippen molar-refractivity contribution in [2.24, 2.45) is 0 Å². The van der Waals surface area contributed by atoms with Gasteiger partial charge in [-0.1, -0.05) is 12.1 Å². The molecule has 0 saturated carbocycles. The van der Waals surface area contributed by atoms with Gasteiger partial charge in [-0.15, -0.1) is 0 Å². The zero-order chi connectivity index (χ0) is 21.3. The maximum absolute atomic E-state index is 13.2. The summed E-state index contributed by atoms with van der Waals surface area (Å²) in [7, 11) is 1.05. The second-order valence-corrected chi connectivity index (χ2v) is 9.07. The molecule has 0 atom stereocenters. The average Bonchev–Trinajstić information content (AvgIpc) is 3.27. The Morgan fingerprint density at radius 1 is 1.03 bits per heavy atom. The zero-order valence-corrected chi connectivity index (χ0v) is 18.4. The van der Waals surface area contributed by atoms with Crippen molar-refractivity contribution in [3.05, 3.63) is 42.0 Å². The summed E-state index contributed by atoms with van der Waals surface area (Å²) in [5, 5.41) is 0. The molecule has 0 amide bonds. The summed E-state index contributed by atoms with van der Waals surface area (Å²) in [6.45, 7) is 0.574. The summed E-state index contributed by atoms with van der Waals surface area (Å²) < 4.78 is 52.6. The van der Waals surface area contributed by atoms with E-state index in [0.717, 1.165) is 22.9 Å². The molecule has 2 aromatic carbocycles. The van der Waals surface area contributed by atoms with Gasteiger partial charge in [0.25, 0.3) is 0 Å². The predicted octanol–water partition coefficient (Wildman–Crippen LogP) is 3.20. The van der Waals surface area contributed by atoms with Gasteiger partial charge in [0.15, 0.2) is 0 Å². The van der Waals surface area contributed by atoms with Gasteiger partial charge in [-0.3, -0.25) is 0 Å². The lowest BCUT2D eigenvalue weighted by atomic mass is 9.98. The average molecular weight is 448 g/mol. The van der Waals surface area contributed by atoms with Crippen LogP contribution in [0, 0.1) is 0 Å². The summed E-state index contributed by atoms with van der Waals surface area (Å²) >= 11 is 1.01. The van der Waals surface area contributed by atoms with E-state index in [0.29, 0.717) is 41.2 Å². The summed E-state index contributed by atoms with van der Waals surface area (Å²) in [4.78, 5) is 0.185. The molecule has 0 fully saturated rings. The Kier molecular flexibility index (Phi) is 5.63. The largest absolute Gasteiger partial charge is 0.496 e. The van der Waals surface area contributed by atoms with E-state index >= 15 is 0 Å². The Hall–Kier alpha value is -2.69. The summed E-state index contributed by atoms with van der Waals surface area (Å²) in [5.74, 6) is 1.86. The first-order valence-corrected chi connectivity index (χ1v) is 11.4. The number of nitrogens with zero attached hydrogens (tertiary/aromatic N) is 3. The lowest BCUT2D eigenvalue weighted by Crippen LogP contribution is -2.34. The molecule has 0 spiro atoms. The van der Waals surface area contributed by atoms with Crippen LogP contribution in [0.25, 0.3) is 16.6 Å². The Labute approximate surface area is 179 Å². The van der Waals surface area contributed by atoms with Crippen molar-refractivity contribution in [1.29, 1.82) is 0 Å². The molecule has 0 aliphatic carbocycles. The van der Waals surface area contributed by atoms with Crippen LogP contribution in [0.1, 0.15) is 12.0 Å². The fraction of sp³-hybridized carbons (Fsp3) is 0.300. The Bertz CT molecular complexity index is 1200. The standard InChI is InChI=1S/C20H21N3O5S2/c1-26-14-11-16(27-2)19(17(12-14)28-3)13-7-9-23(10-8-13)30(24,25)18-6-4-5-15-20(18)22-29-21-15/h4-7,11-12H,8-10H2,1-3H3. The van der Waals surface area contributed by atoms with Crippen molar-refractivity contribution < 1.29 is 22.6 Å². The maximum Gasteiger partial charge on any atom is 0.245 e. The fourth-order valence-corrected chi connectivity index (χ4v) is 5.68. The summed E-state index contributed by atoms with van der Waals surface area (Å²) in [6.07, 6.45) is 2.41. The third kappa shape index (κ3) is 3.51. The molecule has 1 aliphatic heterocycles. The van der Waals surface area contributed by atoms with Crippen molar-refractivity contribution in [3.63, 3.8) is 0 Å². The van der Waals surface area contributed by atoms with Crippen LogP contribution < -0.4 is 14.2 Å². The molecular formula is C20H21N3O5S2. The smallest absolute Gasteiger partial charge is 0.245 e. The molecule has 4 rings (SSSR count). The minimum atomic E-state index is -3.70. The number of methoxy groups -OCH3 is 3. The molecule has 0 saturated heterocycles. The van der Waals surface area contributed by atoms with Crippen LogP contribution in [-0.4, -0.2) is 55.9 Å². The minimum Gasteiger partial charge on any atom is -0.496 e. The van der Waals surface area contributed by atoms with E-state index in [1.807, 2.05) is 6.08 Å². The highest BCUT2D eigenvalue weighted by Crippen LogP contribution is 2.41. The highest BCUT2D eigenvalue weighted by molar-refractivity contribution is 7.89. The molecule has 10 heteroatoms. The van der Waals surface area contributed by atoms with Crippen LogP contribution in [0.3, 0.4) is 0 Å². The van der Waals surface area contributed by atoms with E-state index in [4.69, 9.17) is 14.2 Å². The van der Waals surface area contributed by atoms with Gasteiger partial charge < -0.3 is 14.2 Å². The van der Waals surface area contributed by atoms with Gasteiger partial charge in [0.05, 0.1) is 38.6 Å². The van der Waals surface area contributed by atoms with Crippen molar-refractivity contribution in [2.75, 3.05) is 34.4 Å². The van der Waals surface area contributed by atoms with E-state index in [9.17, 15) is 8.42 Å². The molecule has 0 unspecified atom stereocenters. The third-order valence-corrected chi connectivity index (χ3v) is 7.51. The SMILES string of the molecule is COc1cc(OC)c(C2=CCN(S(=O)(=O)c3cccc4nsnc34)CC2)c(OC)c1. The van der Waals surface area contributed by atoms with E-state index in [1.165, 1.54) is 4.31 Å². The van der Waals surface area contributed by atoms with Crippen LogP contribution in [-0.2, 0) is 10.0 Å². The van der Waals surface area contributed by atoms with E-state index < -0.39 is 10.0 Å². The van der Waals surface area contributed by atoms with Gasteiger partial charge in [-0.25, -0.2) is 8.42 Å². The van der Waals surface area contributed by atoms with E-state index in [-0.39, 0.29) is 11.4 Å². The predicted molar refractivity (Wildman–Crippen MR) is 115 cm³/mol. The number of sulfonamides is 1. The second-order valence-electron chi connectivity index (χ2n) is 6.64. The number of hydrogen-bond donors (Lipinski definition) is 0. The van der Waals surface area contributed by atoms with Crippen LogP contribution in [0.4, 0.5) is 0 Å². The number of rotatable bonds is 6. The number of fused-ring (bicyclic) bond motifs is 1. The van der Waals surface area contributed by atoms with Crippen LogP contribution >= 0.6 is 11.7 Å². The van der Waals surface area contributed by atoms with Gasteiger partial charge in [0, 0.05) is 25.2 Å². The van der Waals surface area contributed by atoms with Gasteiger partial charge in [-0.05, 0) is 24.1 Å². The summed E-state index contributed by atoms with van der Waals surface area (Å²) in [6, 6.07) is 8.60. The fourth-order valence-electron chi connectivity index (χ4n) is 3.55. The van der Waals surface area contributed by atoms with E-state index in [2.05, 4.69) is 8.75 Å². The first-order chi connectivity index (χ1) is 14.5. The van der Waals surface area contributed by atoms with Gasteiger partial charge in [0.2, 0.25) is 10.0 Å². The topological polar surface area (TPSA) is 90.9 Å². The van der Waals surface area contributed by atoms with Gasteiger partial charge >= 0.3 is 0 Å². The quantitative estimate of drug-likeness (QED) is 0.573. The van der Waals surface area contributed by atoms with E-state index in [1.54, 1.807) is 51.7 Å². The molecule has 3 aromatic rings. The normalized spacial score (nSPS) is 15.1. The number of aromatic nitrogens is 2. The van der Waals surface area contributed by atoms with Crippen LogP contribution in [0.5, 0.6) is 17.2 Å². The lowest BCUT2D eigenvalue weighted by molar-refractivity contribution is 0.372. The van der Waals surface area contributed by atoms with Crippen LogP contribution in [0.2, 0.25) is 0 Å². The summed E-state index contributed by atoms with van der Waals surface area (Å²) in [5.41, 5.74) is 2.77. The second kappa shape index (κ2) is 8.21. The molecule has 0 bridgehead atoms. The monoisotopic (exact) mass is 447 g/mol. The highest BCUT2D eigenvalue weighted by atomic mass is 32.2. The van der Waals surface area contributed by atoms with Crippen molar-refractivity contribution in [3.8, 4) is 17.2 Å². The van der Waals surface area contributed by atoms with Crippen molar-refractivity contribution in [2.45, 2.75) is 11.3 Å². The number of hydrogen-bond acceptors (Lipinski definition) is 8. The first-order valence-electron chi connectivity index (χ1n) is 9.20. The Morgan fingerprint density at radius 3 is 2.37 bits per heavy atom. The molecule has 158 valence electrons. The Morgan fingerprint density at radius 2 is 1.77 bits per heavy atom. The molecule has 8 nitrogen and oxygen atoms in total. The van der Waals surface area contributed by atoms with Crippen molar-refractivity contribution >= 4 is 38.4 Å². The molecule has 2 heterocycles. The van der Waals surface area contributed by atoms with Crippen molar-refractivity contribution in [1.82, 2.24) is 13.1 Å². The van der Waals surface area contributed by atoms with Gasteiger partial charge in [-0.2, -0.15) is 13.1 Å². The molecule has 1 aromatic heterocycles. The highest BCUT2D eigenvalue weighted by Gasteiger charge is 2.30. The minimum absolute atomic E-state index is 0.185. The number of ether oxygens (including phenoxy) is 3. The Balaban J connectivity index is 1.68. The first kappa shape index (κ1) is 20.6. The van der Waals surface area contributed by atoms with Crippen LogP contribution in [0.15, 0.2) is 41.3 Å². The van der Waals surface area contributed by atoms with Gasteiger partial charge in [0.1, 0.15) is 33.2 Å². The molecule has 0 radical (unpaired) electrons. The number of benzene rings is 2.